The molecule has 0 aliphatic carbocycles. The molecule has 3 heterocycles. The third-order valence-corrected chi connectivity index (χ3v) is 9.01. The van der Waals surface area contributed by atoms with Crippen LogP contribution in [0.15, 0.2) is 99.6 Å². The number of pyridine rings is 1. The standard InChI is InChI=1S/C33H20F3N5O2S2/c1-17-3-8-20(9-4-17)41(21-10-5-18(2)6-11-21)26-14-13-25(44-26)29-30-28(39-45-40-30)24(16-37-29)38-27-22-12-7-19(33(34,35)36)15-23(22)31(42)32(27)43/h3-16H,1-2H3. The number of aryl methyl sites for hydroxylation is 2. The van der Waals surface area contributed by atoms with Crippen molar-refractivity contribution in [2.75, 3.05) is 4.90 Å². The number of fused-ring (bicyclic) bond motifs is 2. The summed E-state index contributed by atoms with van der Waals surface area (Å²) in [6, 6.07) is 23.1. The third kappa shape index (κ3) is 5.11. The van der Waals surface area contributed by atoms with Gasteiger partial charge in [0.2, 0.25) is 5.43 Å². The first-order valence-corrected chi connectivity index (χ1v) is 15.2. The van der Waals surface area contributed by atoms with E-state index in [0.29, 0.717) is 22.8 Å². The van der Waals surface area contributed by atoms with Crippen molar-refractivity contribution in [2.45, 2.75) is 20.0 Å². The van der Waals surface area contributed by atoms with Crippen molar-refractivity contribution >= 4 is 66.9 Å². The van der Waals surface area contributed by atoms with Crippen LogP contribution in [-0.2, 0) is 6.18 Å². The quantitative estimate of drug-likeness (QED) is 0.178. The molecule has 0 bridgehead atoms. The van der Waals surface area contributed by atoms with E-state index in [-0.39, 0.29) is 21.8 Å². The van der Waals surface area contributed by atoms with Gasteiger partial charge in [0.15, 0.2) is 0 Å². The van der Waals surface area contributed by atoms with E-state index in [2.05, 4.69) is 72.2 Å². The van der Waals surface area contributed by atoms with Crippen molar-refractivity contribution in [1.29, 1.82) is 0 Å². The summed E-state index contributed by atoms with van der Waals surface area (Å²) in [5.41, 5.74) is 2.83. The lowest BCUT2D eigenvalue weighted by Crippen LogP contribution is -2.30. The van der Waals surface area contributed by atoms with Gasteiger partial charge in [-0.3, -0.25) is 14.6 Å². The Balaban J connectivity index is 1.32. The maximum atomic E-state index is 13.2. The molecule has 0 N–H and O–H groups in total. The normalized spacial score (nSPS) is 12.4. The van der Waals surface area contributed by atoms with E-state index < -0.39 is 22.6 Å². The minimum atomic E-state index is -4.66. The van der Waals surface area contributed by atoms with Gasteiger partial charge >= 0.3 is 6.18 Å². The zero-order valence-electron chi connectivity index (χ0n) is 23.6. The number of hydrogen-bond donors (Lipinski definition) is 0. The zero-order chi connectivity index (χ0) is 31.5. The van der Waals surface area contributed by atoms with Gasteiger partial charge in [0, 0.05) is 22.1 Å². The molecule has 0 unspecified atom stereocenters. The lowest BCUT2D eigenvalue weighted by molar-refractivity contribution is -0.137. The molecule has 0 aliphatic rings. The summed E-state index contributed by atoms with van der Waals surface area (Å²) >= 11 is 2.46. The minimum Gasteiger partial charge on any atom is -0.302 e. The van der Waals surface area contributed by atoms with Gasteiger partial charge in [-0.1, -0.05) is 41.5 Å². The van der Waals surface area contributed by atoms with E-state index in [1.54, 1.807) is 0 Å². The predicted molar refractivity (Wildman–Crippen MR) is 172 cm³/mol. The average Bonchev–Trinajstić information content (AvgIpc) is 3.76. The maximum absolute atomic E-state index is 13.2. The van der Waals surface area contributed by atoms with E-state index in [1.807, 2.05) is 26.0 Å². The van der Waals surface area contributed by atoms with Gasteiger partial charge in [-0.05, 0) is 62.4 Å². The first kappa shape index (κ1) is 28.7. The molecule has 12 heteroatoms. The van der Waals surface area contributed by atoms with E-state index in [1.165, 1.54) is 17.5 Å². The predicted octanol–water partition coefficient (Wildman–Crippen LogP) is 7.90. The molecule has 7 nitrogen and oxygen atoms in total. The Hall–Kier alpha value is -5.07. The molecule has 0 atom stereocenters. The van der Waals surface area contributed by atoms with Crippen molar-refractivity contribution in [3.8, 4) is 10.6 Å². The molecule has 0 saturated heterocycles. The monoisotopic (exact) mass is 639 g/mol. The molecule has 0 spiro atoms. The second kappa shape index (κ2) is 10.8. The molecule has 7 rings (SSSR count). The van der Waals surface area contributed by atoms with Crippen molar-refractivity contribution in [1.82, 2.24) is 13.7 Å². The number of nitrogens with zero attached hydrogens (tertiary/aromatic N) is 5. The van der Waals surface area contributed by atoms with E-state index in [0.717, 1.165) is 56.2 Å². The fraction of sp³-hybridized carbons (Fsp3) is 0.0909. The number of benzene rings is 3. The van der Waals surface area contributed by atoms with Gasteiger partial charge < -0.3 is 4.90 Å². The number of halogens is 3. The number of thiophene rings is 1. The molecule has 0 radical (unpaired) electrons. The van der Waals surface area contributed by atoms with Crippen molar-refractivity contribution in [2.24, 2.45) is 4.99 Å². The number of hydrogen-bond acceptors (Lipinski definition) is 9. The summed E-state index contributed by atoms with van der Waals surface area (Å²) in [6.07, 6.45) is -3.22. The van der Waals surface area contributed by atoms with Crippen molar-refractivity contribution in [3.05, 3.63) is 128 Å². The topological polar surface area (TPSA) is 88.4 Å². The Morgan fingerprint density at radius 3 is 2.04 bits per heavy atom. The number of rotatable bonds is 5. The Morgan fingerprint density at radius 2 is 1.40 bits per heavy atom. The second-order valence-corrected chi connectivity index (χ2v) is 12.1. The van der Waals surface area contributed by atoms with Gasteiger partial charge in [-0.2, -0.15) is 21.9 Å². The Kier molecular flexibility index (Phi) is 6.90. The third-order valence-electron chi connectivity index (χ3n) is 7.40. The molecule has 45 heavy (non-hydrogen) atoms. The fourth-order valence-corrected chi connectivity index (χ4v) is 6.69. The van der Waals surface area contributed by atoms with Gasteiger partial charge in [0.1, 0.15) is 32.8 Å². The van der Waals surface area contributed by atoms with Crippen LogP contribution in [0, 0.1) is 13.8 Å². The van der Waals surface area contributed by atoms with Gasteiger partial charge in [-0.25, -0.2) is 4.99 Å². The zero-order valence-corrected chi connectivity index (χ0v) is 25.2. The molecular formula is C33H20F3N5O2S2. The first-order valence-electron chi connectivity index (χ1n) is 13.6. The average molecular weight is 640 g/mol. The lowest BCUT2D eigenvalue weighted by atomic mass is 10.1. The highest BCUT2D eigenvalue weighted by atomic mass is 32.1. The van der Waals surface area contributed by atoms with Gasteiger partial charge in [-0.15, -0.1) is 11.3 Å². The van der Waals surface area contributed by atoms with Crippen LogP contribution in [0.1, 0.15) is 16.7 Å². The lowest BCUT2D eigenvalue weighted by Gasteiger charge is -2.24. The fourth-order valence-electron chi connectivity index (χ4n) is 5.09. The smallest absolute Gasteiger partial charge is 0.302 e. The molecule has 0 saturated carbocycles. The molecular weight excluding hydrogens is 620 g/mol. The summed E-state index contributed by atoms with van der Waals surface area (Å²) in [4.78, 5) is 37.4. The van der Waals surface area contributed by atoms with Crippen molar-refractivity contribution in [3.63, 3.8) is 0 Å². The molecule has 7 aromatic rings. The highest BCUT2D eigenvalue weighted by Gasteiger charge is 2.31. The molecule has 4 aromatic carbocycles. The highest BCUT2D eigenvalue weighted by Crippen LogP contribution is 2.43. The van der Waals surface area contributed by atoms with Gasteiger partial charge in [0.25, 0.3) is 5.43 Å². The van der Waals surface area contributed by atoms with Crippen LogP contribution in [0.5, 0.6) is 0 Å². The number of aromatic nitrogens is 3. The summed E-state index contributed by atoms with van der Waals surface area (Å²) in [5, 5.41) is 0.403. The van der Waals surface area contributed by atoms with E-state index in [9.17, 15) is 22.8 Å². The van der Waals surface area contributed by atoms with Gasteiger partial charge in [0.05, 0.1) is 28.4 Å². The van der Waals surface area contributed by atoms with E-state index >= 15 is 0 Å². The Morgan fingerprint density at radius 1 is 0.756 bits per heavy atom. The van der Waals surface area contributed by atoms with Crippen LogP contribution >= 0.6 is 23.1 Å². The van der Waals surface area contributed by atoms with Crippen LogP contribution in [0.3, 0.4) is 0 Å². The van der Waals surface area contributed by atoms with Crippen molar-refractivity contribution < 1.29 is 13.2 Å². The Bertz CT molecular complexity index is 2340. The summed E-state index contributed by atoms with van der Waals surface area (Å²) in [5.74, 6) is 0. The molecule has 0 fully saturated rings. The van der Waals surface area contributed by atoms with Crippen LogP contribution in [0.4, 0.5) is 35.2 Å². The van der Waals surface area contributed by atoms with Crippen LogP contribution in [-0.4, -0.2) is 13.7 Å². The summed E-state index contributed by atoms with van der Waals surface area (Å²) < 4.78 is 48.5. The van der Waals surface area contributed by atoms with E-state index in [4.69, 9.17) is 0 Å². The molecule has 0 aliphatic heterocycles. The Labute approximate surface area is 261 Å². The maximum Gasteiger partial charge on any atom is 0.416 e. The minimum absolute atomic E-state index is 0.0358. The highest BCUT2D eigenvalue weighted by molar-refractivity contribution is 7.19. The SMILES string of the molecule is Cc1ccc(N(c2ccc(C)cc2)c2ccc(-c3ncc(N=c4c(=O)c(=O)c5cc(C(F)(F)F)ccc45)c4nsnc34)s2)cc1. The molecule has 3 aromatic heterocycles. The summed E-state index contributed by atoms with van der Waals surface area (Å²) in [6.45, 7) is 4.08. The van der Waals surface area contributed by atoms with Crippen LogP contribution in [0.2, 0.25) is 0 Å². The second-order valence-electron chi connectivity index (χ2n) is 10.5. The number of anilines is 3. The van der Waals surface area contributed by atoms with Crippen LogP contribution in [0.25, 0.3) is 32.4 Å². The van der Waals surface area contributed by atoms with Crippen LogP contribution < -0.4 is 21.1 Å². The summed E-state index contributed by atoms with van der Waals surface area (Å²) in [7, 11) is 0. The first-order chi connectivity index (χ1) is 21.6. The largest absolute Gasteiger partial charge is 0.416 e. The molecule has 222 valence electrons. The number of alkyl halides is 3. The molecule has 0 amide bonds.